The molecule has 1 heterocycles. The molecule has 6 heavy (non-hydrogen) atoms. The Hall–Kier alpha value is -0.790. The van der Waals surface area contributed by atoms with Crippen molar-refractivity contribution < 1.29 is 2.78 Å². The summed E-state index contributed by atoms with van der Waals surface area (Å²) in [6.45, 7) is 1.70. The van der Waals surface area contributed by atoms with Crippen LogP contribution in [0.4, 0.5) is 0 Å². The zero-order valence-electron chi connectivity index (χ0n) is 5.47. The van der Waals surface area contributed by atoms with Gasteiger partial charge in [0.1, 0.15) is 0 Å². The molecule has 0 unspecified atom stereocenters. The molecular weight excluding hydrogens is 76.1 g/mol. The minimum atomic E-state index is 0.319. The van der Waals surface area contributed by atoms with Crippen LogP contribution in [0.2, 0.25) is 1.41 Å². The molecule has 0 saturated carbocycles. The summed E-state index contributed by atoms with van der Waals surface area (Å²) in [4.78, 5) is 0. The van der Waals surface area contributed by atoms with Gasteiger partial charge in [0.2, 0.25) is 0 Å². The van der Waals surface area contributed by atoms with E-state index in [2.05, 4.69) is 5.10 Å². The van der Waals surface area contributed by atoms with Crippen LogP contribution in [0, 0.1) is 6.92 Å². The van der Waals surface area contributed by atoms with Gasteiger partial charge in [0.15, 0.2) is 1.41 Å². The van der Waals surface area contributed by atoms with E-state index in [9.17, 15) is 0 Å². The van der Waals surface area contributed by atoms with Crippen LogP contribution in [0.15, 0.2) is 12.2 Å². The Kier molecular flexibility index (Phi) is 0.333. The zero-order valence-corrected chi connectivity index (χ0v) is 3.47. The lowest BCUT2D eigenvalue weighted by Crippen LogP contribution is -1.65. The van der Waals surface area contributed by atoms with Crippen molar-refractivity contribution >= 4 is 0 Å². The van der Waals surface area contributed by atoms with Crippen molar-refractivity contribution in [2.24, 2.45) is 0 Å². The van der Waals surface area contributed by atoms with Crippen molar-refractivity contribution in [1.29, 1.82) is 0 Å². The van der Waals surface area contributed by atoms with Crippen LogP contribution < -0.4 is 0 Å². The van der Waals surface area contributed by atoms with Crippen LogP contribution in [-0.4, -0.2) is 10.2 Å². The molecule has 2 heteroatoms. The summed E-state index contributed by atoms with van der Waals surface area (Å²) in [6, 6.07) is 0.319. The first-order chi connectivity index (χ1) is 3.70. The van der Waals surface area contributed by atoms with E-state index < -0.39 is 0 Å². The Morgan fingerprint density at radius 3 is 3.33 bits per heavy atom. The molecule has 0 spiro atoms. The van der Waals surface area contributed by atoms with Crippen molar-refractivity contribution in [2.75, 3.05) is 0 Å². The SMILES string of the molecule is [2H]c1cn([2H])nc1C. The Balaban J connectivity index is 3.14. The van der Waals surface area contributed by atoms with E-state index in [4.69, 9.17) is 2.78 Å². The summed E-state index contributed by atoms with van der Waals surface area (Å²) >= 11 is 0. The fourth-order valence-electron chi connectivity index (χ4n) is 0.267. The smallest absolute Gasteiger partial charge is 0.189 e. The van der Waals surface area contributed by atoms with Crippen LogP contribution in [-0.2, 0) is 0 Å². The van der Waals surface area contributed by atoms with Gasteiger partial charge in [0.25, 0.3) is 0 Å². The minimum Gasteiger partial charge on any atom is -0.285 e. The van der Waals surface area contributed by atoms with E-state index in [0.717, 1.165) is 5.09 Å². The second kappa shape index (κ2) is 1.12. The maximum Gasteiger partial charge on any atom is 0.189 e. The predicted octanol–water partition coefficient (Wildman–Crippen LogP) is 0.718. The highest BCUT2D eigenvalue weighted by Gasteiger charge is 1.74. The molecule has 0 bridgehead atoms. The van der Waals surface area contributed by atoms with Gasteiger partial charge in [0.05, 0.1) is 7.06 Å². The second-order valence-corrected chi connectivity index (χ2v) is 1.07. The molecule has 1 rings (SSSR count). The Bertz CT molecular complexity index is 174. The standard InChI is InChI=1S/C4H6N2/c1-4-2-3-5-6-4/h2-3H,1H3,(H,5,6)/i2D/hD. The van der Waals surface area contributed by atoms with Crippen LogP contribution in [0.1, 0.15) is 7.06 Å². The molecule has 1 N–H and O–H groups in total. The number of aromatic nitrogens is 2. The van der Waals surface area contributed by atoms with E-state index in [1.165, 1.54) is 6.20 Å². The fourth-order valence-corrected chi connectivity index (χ4v) is 0.267. The number of hydrogen-bond acceptors (Lipinski definition) is 1. The maximum absolute atomic E-state index is 7.04. The summed E-state index contributed by atoms with van der Waals surface area (Å²) in [6.07, 6.45) is 1.34. The molecule has 1 aromatic rings. The molecule has 0 radical (unpaired) electrons. The lowest BCUT2D eigenvalue weighted by molar-refractivity contribution is 1.05. The van der Waals surface area contributed by atoms with Crippen molar-refractivity contribution in [1.82, 2.24) is 10.2 Å². The molecule has 0 fully saturated rings. The number of aromatic amines is 1. The van der Waals surface area contributed by atoms with Crippen LogP contribution in [0.3, 0.4) is 0 Å². The zero-order chi connectivity index (χ0) is 6.15. The highest BCUT2D eigenvalue weighted by Crippen LogP contribution is 1.82. The van der Waals surface area contributed by atoms with Gasteiger partial charge in [0, 0.05) is 6.20 Å². The van der Waals surface area contributed by atoms with E-state index in [1.807, 2.05) is 0 Å². The summed E-state index contributed by atoms with van der Waals surface area (Å²) in [7, 11) is 0. The van der Waals surface area contributed by atoms with Gasteiger partial charge in [-0.05, 0) is 13.0 Å². The third kappa shape index (κ3) is 0.407. The van der Waals surface area contributed by atoms with Crippen LogP contribution in [0.5, 0.6) is 0 Å². The van der Waals surface area contributed by atoms with Gasteiger partial charge >= 0.3 is 0 Å². The summed E-state index contributed by atoms with van der Waals surface area (Å²) in [5.41, 5.74) is 0.597. The number of rotatable bonds is 0. The summed E-state index contributed by atoms with van der Waals surface area (Å²) < 4.78 is 13.9. The molecule has 2 nitrogen and oxygen atoms in total. The Morgan fingerprint density at radius 1 is 2.33 bits per heavy atom. The first-order valence-corrected chi connectivity index (χ1v) is 1.72. The topological polar surface area (TPSA) is 28.7 Å². The third-order valence-corrected chi connectivity index (χ3v) is 0.539. The molecule has 0 atom stereocenters. The van der Waals surface area contributed by atoms with E-state index in [-0.39, 0.29) is 0 Å². The van der Waals surface area contributed by atoms with Gasteiger partial charge in [-0.3, -0.25) is 5.09 Å². The van der Waals surface area contributed by atoms with Gasteiger partial charge in [-0.2, -0.15) is 5.10 Å². The van der Waals surface area contributed by atoms with Gasteiger partial charge < -0.3 is 0 Å². The number of nitrogens with one attached hydrogen (secondary N) is 1. The number of nitrogens with zero attached hydrogens (tertiary/aromatic N) is 1. The van der Waals surface area contributed by atoms with E-state index in [1.54, 1.807) is 6.92 Å². The van der Waals surface area contributed by atoms with Crippen molar-refractivity contribution in [3.05, 3.63) is 17.9 Å². The second-order valence-electron chi connectivity index (χ2n) is 1.07. The molecule has 1 aromatic heterocycles. The largest absolute Gasteiger partial charge is 0.285 e. The predicted molar refractivity (Wildman–Crippen MR) is 23.3 cm³/mol. The average Bonchev–Trinajstić information content (AvgIpc) is 1.85. The molecular formula is C4H6N2. The Morgan fingerprint density at radius 2 is 3.17 bits per heavy atom. The minimum absolute atomic E-state index is 0.319. The monoisotopic (exact) mass is 84.1 g/mol. The molecule has 32 valence electrons. The van der Waals surface area contributed by atoms with Gasteiger partial charge in [-0.1, -0.05) is 0 Å². The van der Waals surface area contributed by atoms with E-state index >= 15 is 0 Å². The Labute approximate surface area is 39.1 Å². The lowest BCUT2D eigenvalue weighted by Gasteiger charge is -1.65. The molecule has 0 aliphatic heterocycles. The maximum atomic E-state index is 7.04. The average molecular weight is 84.1 g/mol. The van der Waals surface area contributed by atoms with E-state index in [0.29, 0.717) is 11.7 Å². The van der Waals surface area contributed by atoms with Gasteiger partial charge in [-0.25, -0.2) is 0 Å². The molecule has 0 aliphatic rings. The molecule has 0 amide bonds. The highest BCUT2D eigenvalue weighted by atomic mass is 15.1. The molecule has 0 aliphatic carbocycles. The van der Waals surface area contributed by atoms with Crippen LogP contribution >= 0.6 is 0 Å². The summed E-state index contributed by atoms with van der Waals surface area (Å²) in [5, 5.41) is 4.49. The first-order valence-electron chi connectivity index (χ1n) is 2.67. The van der Waals surface area contributed by atoms with Crippen molar-refractivity contribution in [2.45, 2.75) is 6.92 Å². The lowest BCUT2D eigenvalue weighted by atomic mass is 10.5. The summed E-state index contributed by atoms with van der Waals surface area (Å²) in [5.74, 6) is 0. The number of hydrogen-bond donors (Lipinski definition) is 1. The number of aryl methyl sites for hydroxylation is 1. The van der Waals surface area contributed by atoms with Crippen LogP contribution in [0.25, 0.3) is 0 Å². The quantitative estimate of drug-likeness (QED) is 0.493. The third-order valence-electron chi connectivity index (χ3n) is 0.539. The number of H-pyrrole nitrogens is 1. The molecule has 0 aromatic carbocycles. The molecule has 0 saturated heterocycles. The fraction of sp³-hybridized carbons (Fsp3) is 0.250. The first kappa shape index (κ1) is 1.78. The highest BCUT2D eigenvalue weighted by molar-refractivity contribution is 4.91. The van der Waals surface area contributed by atoms with Crippen molar-refractivity contribution in [3.8, 4) is 0 Å². The van der Waals surface area contributed by atoms with Crippen molar-refractivity contribution in [3.63, 3.8) is 0 Å². The van der Waals surface area contributed by atoms with Gasteiger partial charge in [-0.15, -0.1) is 0 Å². The normalized spacial score (nSPS) is 13.5.